The average Bonchev–Trinajstić information content (AvgIpc) is 3.52. The monoisotopic (exact) mass is 477 g/mol. The van der Waals surface area contributed by atoms with Gasteiger partial charge in [-0.25, -0.2) is 4.98 Å². The van der Waals surface area contributed by atoms with Crippen molar-refractivity contribution in [1.29, 1.82) is 0 Å². The van der Waals surface area contributed by atoms with Gasteiger partial charge in [-0.1, -0.05) is 18.2 Å². The van der Waals surface area contributed by atoms with E-state index in [2.05, 4.69) is 10.3 Å². The summed E-state index contributed by atoms with van der Waals surface area (Å²) in [5, 5.41) is 4.01. The third-order valence-corrected chi connectivity index (χ3v) is 6.88. The molecular weight excluding hydrogens is 450 g/mol. The number of nitrogens with zero attached hydrogens (tertiary/aromatic N) is 3. The Kier molecular flexibility index (Phi) is 6.51. The molecule has 4 aromatic rings. The minimum atomic E-state index is -0.0451. The summed E-state index contributed by atoms with van der Waals surface area (Å²) >= 11 is 1.62. The third-order valence-electron chi connectivity index (χ3n) is 5.94. The minimum absolute atomic E-state index is 0.0451. The first-order chi connectivity index (χ1) is 16.6. The molecule has 5 rings (SSSR count). The lowest BCUT2D eigenvalue weighted by molar-refractivity contribution is 0.0599. The number of ether oxygens (including phenoxy) is 2. The number of methoxy groups -OCH3 is 1. The number of aromatic nitrogens is 1. The van der Waals surface area contributed by atoms with Gasteiger partial charge in [-0.3, -0.25) is 9.69 Å². The van der Waals surface area contributed by atoms with Crippen LogP contribution in [0.3, 0.4) is 0 Å². The molecule has 0 radical (unpaired) electrons. The van der Waals surface area contributed by atoms with Gasteiger partial charge in [0.1, 0.15) is 10.6 Å². The van der Waals surface area contributed by atoms with E-state index in [1.807, 2.05) is 60.4 Å². The van der Waals surface area contributed by atoms with Gasteiger partial charge in [-0.2, -0.15) is 0 Å². The Morgan fingerprint density at radius 2 is 1.91 bits per heavy atom. The van der Waals surface area contributed by atoms with E-state index in [-0.39, 0.29) is 5.91 Å². The Balaban J connectivity index is 1.19. The van der Waals surface area contributed by atoms with Crippen LogP contribution >= 0.6 is 11.3 Å². The van der Waals surface area contributed by atoms with Gasteiger partial charge in [0.15, 0.2) is 17.3 Å². The second-order valence-electron chi connectivity index (χ2n) is 8.16. The smallest absolute Gasteiger partial charge is 0.289 e. The molecule has 0 bridgehead atoms. The predicted molar refractivity (Wildman–Crippen MR) is 133 cm³/mol. The number of rotatable bonds is 7. The Morgan fingerprint density at radius 1 is 1.09 bits per heavy atom. The number of hydrogen-bond donors (Lipinski definition) is 0. The van der Waals surface area contributed by atoms with Crippen LogP contribution in [0.4, 0.5) is 0 Å². The number of furan rings is 1. The van der Waals surface area contributed by atoms with Crippen LogP contribution in [0.15, 0.2) is 58.3 Å². The summed E-state index contributed by atoms with van der Waals surface area (Å²) in [6.45, 7) is 6.25. The maximum atomic E-state index is 12.9. The summed E-state index contributed by atoms with van der Waals surface area (Å²) in [5.41, 5.74) is 2.79. The van der Waals surface area contributed by atoms with Crippen molar-refractivity contribution in [2.75, 3.05) is 39.9 Å². The molecule has 2 aromatic heterocycles. The molecule has 0 unspecified atom stereocenters. The highest BCUT2D eigenvalue weighted by Gasteiger charge is 2.25. The van der Waals surface area contributed by atoms with Crippen molar-refractivity contribution in [3.63, 3.8) is 0 Å². The highest BCUT2D eigenvalue weighted by molar-refractivity contribution is 7.13. The first-order valence-corrected chi connectivity index (χ1v) is 12.3. The SMILES string of the molecule is CCOc1ccc(-c2nc(CN3CCN(C(=O)c4cc5ccccc5o4)CC3)cs2)cc1OC. The number of fused-ring (bicyclic) bond motifs is 1. The summed E-state index contributed by atoms with van der Waals surface area (Å²) in [6.07, 6.45) is 0. The van der Waals surface area contributed by atoms with Gasteiger partial charge < -0.3 is 18.8 Å². The number of benzene rings is 2. The summed E-state index contributed by atoms with van der Waals surface area (Å²) in [7, 11) is 1.65. The summed E-state index contributed by atoms with van der Waals surface area (Å²) in [6, 6.07) is 15.4. The lowest BCUT2D eigenvalue weighted by Crippen LogP contribution is -2.48. The van der Waals surface area contributed by atoms with Crippen LogP contribution in [0, 0.1) is 0 Å². The molecule has 0 spiro atoms. The van der Waals surface area contributed by atoms with Crippen molar-refractivity contribution in [2.45, 2.75) is 13.5 Å². The molecule has 0 aliphatic carbocycles. The average molecular weight is 478 g/mol. The van der Waals surface area contributed by atoms with Crippen molar-refractivity contribution in [3.8, 4) is 22.1 Å². The van der Waals surface area contributed by atoms with E-state index in [1.165, 1.54) is 0 Å². The maximum absolute atomic E-state index is 12.9. The van der Waals surface area contributed by atoms with E-state index in [4.69, 9.17) is 18.9 Å². The van der Waals surface area contributed by atoms with Gasteiger partial charge in [0.25, 0.3) is 5.91 Å². The second-order valence-corrected chi connectivity index (χ2v) is 9.02. The first kappa shape index (κ1) is 22.4. The van der Waals surface area contributed by atoms with Crippen molar-refractivity contribution in [1.82, 2.24) is 14.8 Å². The van der Waals surface area contributed by atoms with E-state index < -0.39 is 0 Å². The minimum Gasteiger partial charge on any atom is -0.493 e. The van der Waals surface area contributed by atoms with Crippen LogP contribution in [0.25, 0.3) is 21.5 Å². The molecule has 34 heavy (non-hydrogen) atoms. The second kappa shape index (κ2) is 9.87. The quantitative estimate of drug-likeness (QED) is 0.376. The number of hydrogen-bond acceptors (Lipinski definition) is 7. The normalized spacial score (nSPS) is 14.5. The number of piperazine rings is 1. The van der Waals surface area contributed by atoms with E-state index >= 15 is 0 Å². The Bertz CT molecular complexity index is 1260. The summed E-state index contributed by atoms with van der Waals surface area (Å²) < 4.78 is 16.8. The van der Waals surface area contributed by atoms with Crippen molar-refractivity contribution < 1.29 is 18.7 Å². The van der Waals surface area contributed by atoms with Gasteiger partial charge in [0, 0.05) is 49.1 Å². The molecule has 1 aliphatic rings. The van der Waals surface area contributed by atoms with Gasteiger partial charge in [-0.05, 0) is 37.3 Å². The van der Waals surface area contributed by atoms with E-state index in [0.717, 1.165) is 52.6 Å². The van der Waals surface area contributed by atoms with Crippen LogP contribution in [0.2, 0.25) is 0 Å². The molecule has 1 fully saturated rings. The molecule has 3 heterocycles. The van der Waals surface area contributed by atoms with Crippen LogP contribution in [-0.2, 0) is 6.54 Å². The Labute approximate surface area is 202 Å². The standard InChI is InChI=1S/C26H27N3O4S/c1-3-32-22-9-8-19(15-23(22)31-2)25-27-20(17-34-25)16-28-10-12-29(13-11-28)26(30)24-14-18-6-4-5-7-21(18)33-24/h4-9,14-15,17H,3,10-13,16H2,1-2H3. The molecule has 1 saturated heterocycles. The van der Waals surface area contributed by atoms with Crippen molar-refractivity contribution >= 4 is 28.2 Å². The predicted octanol–water partition coefficient (Wildman–Crippen LogP) is 4.92. The third kappa shape index (κ3) is 4.64. The molecule has 8 heteroatoms. The fourth-order valence-corrected chi connectivity index (χ4v) is 4.98. The van der Waals surface area contributed by atoms with E-state index in [9.17, 15) is 4.79 Å². The van der Waals surface area contributed by atoms with Crippen molar-refractivity contribution in [3.05, 3.63) is 65.4 Å². The zero-order valence-corrected chi connectivity index (χ0v) is 20.1. The molecule has 2 aromatic carbocycles. The zero-order valence-electron chi connectivity index (χ0n) is 19.3. The van der Waals surface area contributed by atoms with E-state index in [1.54, 1.807) is 18.4 Å². The first-order valence-electron chi connectivity index (χ1n) is 11.4. The lowest BCUT2D eigenvalue weighted by Gasteiger charge is -2.33. The molecular formula is C26H27N3O4S. The van der Waals surface area contributed by atoms with Crippen LogP contribution < -0.4 is 9.47 Å². The lowest BCUT2D eigenvalue weighted by atomic mass is 10.2. The molecule has 176 valence electrons. The Morgan fingerprint density at radius 3 is 2.68 bits per heavy atom. The molecule has 7 nitrogen and oxygen atoms in total. The maximum Gasteiger partial charge on any atom is 0.289 e. The van der Waals surface area contributed by atoms with Crippen LogP contribution in [-0.4, -0.2) is 60.6 Å². The fraction of sp³-hybridized carbons (Fsp3) is 0.308. The van der Waals surface area contributed by atoms with Gasteiger partial charge in [-0.15, -0.1) is 11.3 Å². The largest absolute Gasteiger partial charge is 0.493 e. The van der Waals surface area contributed by atoms with Crippen LogP contribution in [0.5, 0.6) is 11.5 Å². The highest BCUT2D eigenvalue weighted by Crippen LogP contribution is 2.34. The van der Waals surface area contributed by atoms with Gasteiger partial charge in [0.2, 0.25) is 0 Å². The topological polar surface area (TPSA) is 68.0 Å². The Hall–Kier alpha value is -3.36. The molecule has 0 saturated carbocycles. The zero-order chi connectivity index (χ0) is 23.5. The van der Waals surface area contributed by atoms with Gasteiger partial charge >= 0.3 is 0 Å². The highest BCUT2D eigenvalue weighted by atomic mass is 32.1. The number of para-hydroxylation sites is 1. The summed E-state index contributed by atoms with van der Waals surface area (Å²) in [4.78, 5) is 21.9. The molecule has 1 aliphatic heterocycles. The molecule has 0 atom stereocenters. The van der Waals surface area contributed by atoms with Crippen LogP contribution in [0.1, 0.15) is 23.2 Å². The van der Waals surface area contributed by atoms with Gasteiger partial charge in [0.05, 0.1) is 19.4 Å². The number of thiazole rings is 1. The number of amides is 1. The number of carbonyl (C=O) groups excluding carboxylic acids is 1. The molecule has 1 amide bonds. The number of carbonyl (C=O) groups is 1. The fourth-order valence-electron chi connectivity index (χ4n) is 4.17. The van der Waals surface area contributed by atoms with E-state index in [0.29, 0.717) is 31.2 Å². The molecule has 0 N–H and O–H groups in total. The summed E-state index contributed by atoms with van der Waals surface area (Å²) in [5.74, 6) is 1.81. The van der Waals surface area contributed by atoms with Crippen molar-refractivity contribution in [2.24, 2.45) is 0 Å².